The first kappa shape index (κ1) is 23.4. The summed E-state index contributed by atoms with van der Waals surface area (Å²) in [5, 5.41) is 2.75. The van der Waals surface area contributed by atoms with Crippen LogP contribution in [0.25, 0.3) is 0 Å². The summed E-state index contributed by atoms with van der Waals surface area (Å²) in [7, 11) is -0.676. The zero-order valence-electron chi connectivity index (χ0n) is 17.8. The van der Waals surface area contributed by atoms with Crippen molar-refractivity contribution in [3.05, 3.63) is 32.6 Å². The molecule has 1 N–H and O–H groups in total. The number of nitrogens with zero attached hydrogens (tertiary/aromatic N) is 2. The van der Waals surface area contributed by atoms with E-state index in [9.17, 15) is 14.4 Å². The van der Waals surface area contributed by atoms with Gasteiger partial charge in [-0.15, -0.1) is 0 Å². The second-order valence-corrected chi connectivity index (χ2v) is 13.3. The van der Waals surface area contributed by atoms with Gasteiger partial charge in [-0.2, -0.15) is 0 Å². The minimum Gasteiger partial charge on any atom is -0.412 e. The van der Waals surface area contributed by atoms with E-state index in [1.807, 2.05) is 0 Å². The first-order valence-corrected chi connectivity index (χ1v) is 12.6. The van der Waals surface area contributed by atoms with Crippen molar-refractivity contribution in [3.8, 4) is 0 Å². The first-order chi connectivity index (χ1) is 12.4. The Balaban J connectivity index is 2.97. The van der Waals surface area contributed by atoms with E-state index in [-0.39, 0.29) is 11.6 Å². The van der Waals surface area contributed by atoms with Crippen LogP contribution in [0.15, 0.2) is 15.8 Å². The number of carbonyl (C=O) groups is 1. The monoisotopic (exact) mass is 397 g/mol. The maximum absolute atomic E-state index is 12.4. The Morgan fingerprint density at radius 1 is 1.19 bits per heavy atom. The van der Waals surface area contributed by atoms with Crippen LogP contribution in [0.3, 0.4) is 0 Å². The minimum absolute atomic E-state index is 0.00253. The van der Waals surface area contributed by atoms with E-state index in [1.54, 1.807) is 0 Å². The molecule has 27 heavy (non-hydrogen) atoms. The average molecular weight is 398 g/mol. The van der Waals surface area contributed by atoms with Gasteiger partial charge in [0, 0.05) is 19.8 Å². The zero-order valence-corrected chi connectivity index (χ0v) is 18.8. The number of hydrogen-bond donors (Lipinski definition) is 1. The van der Waals surface area contributed by atoms with Gasteiger partial charge in [0.1, 0.15) is 0 Å². The fraction of sp³-hybridized carbons (Fsp3) is 0.737. The van der Waals surface area contributed by atoms with Gasteiger partial charge in [0.2, 0.25) is 0 Å². The van der Waals surface area contributed by atoms with Crippen LogP contribution in [-0.2, 0) is 18.1 Å². The van der Waals surface area contributed by atoms with Crippen molar-refractivity contribution in [2.45, 2.75) is 78.1 Å². The third-order valence-electron chi connectivity index (χ3n) is 5.28. The standard InChI is InChI=1S/C19H35N3O4Si/c1-8-9-10-11-12-20-17(24)22-13-15(16(23)21(5)18(22)25)14-26-27(6,7)19(2,3)4/h13H,8-12,14H2,1-7H3,(H,20,24). The summed E-state index contributed by atoms with van der Waals surface area (Å²) in [4.78, 5) is 37.1. The smallest absolute Gasteiger partial charge is 0.339 e. The molecule has 0 fully saturated rings. The quantitative estimate of drug-likeness (QED) is 0.539. The summed E-state index contributed by atoms with van der Waals surface area (Å²) in [6.45, 7) is 13.2. The van der Waals surface area contributed by atoms with Gasteiger partial charge in [-0.05, 0) is 24.6 Å². The Morgan fingerprint density at radius 3 is 2.37 bits per heavy atom. The molecule has 0 atom stereocenters. The number of hydrogen-bond acceptors (Lipinski definition) is 4. The molecule has 0 spiro atoms. The summed E-state index contributed by atoms with van der Waals surface area (Å²) >= 11 is 0. The molecule has 154 valence electrons. The highest BCUT2D eigenvalue weighted by Crippen LogP contribution is 2.36. The molecule has 8 heteroatoms. The fourth-order valence-electron chi connectivity index (χ4n) is 2.28. The van der Waals surface area contributed by atoms with Crippen molar-refractivity contribution < 1.29 is 9.22 Å². The molecule has 0 unspecified atom stereocenters. The highest BCUT2D eigenvalue weighted by atomic mass is 28.4. The first-order valence-electron chi connectivity index (χ1n) is 9.66. The summed E-state index contributed by atoms with van der Waals surface area (Å²) < 4.78 is 8.02. The number of rotatable bonds is 8. The Morgan fingerprint density at radius 2 is 1.81 bits per heavy atom. The van der Waals surface area contributed by atoms with E-state index in [1.165, 1.54) is 13.2 Å². The summed E-state index contributed by atoms with van der Waals surface area (Å²) in [6.07, 6.45) is 5.45. The second kappa shape index (κ2) is 9.50. The molecule has 0 radical (unpaired) electrons. The van der Waals surface area contributed by atoms with Crippen molar-refractivity contribution in [2.75, 3.05) is 6.54 Å². The number of amides is 1. The lowest BCUT2D eigenvalue weighted by molar-refractivity contribution is 0.239. The van der Waals surface area contributed by atoms with Gasteiger partial charge in [0.25, 0.3) is 5.56 Å². The molecule has 0 aliphatic rings. The van der Waals surface area contributed by atoms with E-state index in [0.717, 1.165) is 34.8 Å². The van der Waals surface area contributed by atoms with Crippen LogP contribution < -0.4 is 16.6 Å². The van der Waals surface area contributed by atoms with E-state index in [4.69, 9.17) is 4.43 Å². The maximum Gasteiger partial charge on any atom is 0.339 e. The molecule has 1 amide bonds. The van der Waals surface area contributed by atoms with Crippen molar-refractivity contribution >= 4 is 14.3 Å². The molecule has 1 aromatic rings. The molecule has 0 aliphatic carbocycles. The largest absolute Gasteiger partial charge is 0.412 e. The topological polar surface area (TPSA) is 82.3 Å². The molecule has 0 aliphatic heterocycles. The van der Waals surface area contributed by atoms with Crippen LogP contribution >= 0.6 is 0 Å². The minimum atomic E-state index is -2.06. The van der Waals surface area contributed by atoms with Crippen molar-refractivity contribution in [3.63, 3.8) is 0 Å². The summed E-state index contributed by atoms with van der Waals surface area (Å²) in [5.74, 6) is 0. The molecule has 1 rings (SSSR count). The Hall–Kier alpha value is -1.67. The van der Waals surface area contributed by atoms with Gasteiger partial charge in [0.05, 0.1) is 12.2 Å². The Bertz CT molecular complexity index is 760. The van der Waals surface area contributed by atoms with Gasteiger partial charge in [0.15, 0.2) is 8.32 Å². The van der Waals surface area contributed by atoms with Crippen molar-refractivity contribution in [1.29, 1.82) is 0 Å². The van der Waals surface area contributed by atoms with Crippen LogP contribution in [0, 0.1) is 0 Å². The normalized spacial score (nSPS) is 12.3. The molecule has 0 aromatic carbocycles. The van der Waals surface area contributed by atoms with E-state index in [2.05, 4.69) is 46.1 Å². The number of unbranched alkanes of at least 4 members (excludes halogenated alkanes) is 3. The highest BCUT2D eigenvalue weighted by Gasteiger charge is 2.37. The SMILES string of the molecule is CCCCCCNC(=O)n1cc(CO[Si](C)(C)C(C)(C)C)c(=O)n(C)c1=O. The molecular weight excluding hydrogens is 362 g/mol. The van der Waals surface area contributed by atoms with E-state index in [0.29, 0.717) is 12.1 Å². The highest BCUT2D eigenvalue weighted by molar-refractivity contribution is 6.74. The van der Waals surface area contributed by atoms with Crippen LogP contribution in [0.2, 0.25) is 18.1 Å². The van der Waals surface area contributed by atoms with Crippen LogP contribution in [0.5, 0.6) is 0 Å². The lowest BCUT2D eigenvalue weighted by atomic mass is 10.2. The maximum atomic E-state index is 12.4. The Labute approximate surface area is 162 Å². The molecule has 0 bridgehead atoms. The van der Waals surface area contributed by atoms with Gasteiger partial charge < -0.3 is 9.74 Å². The molecule has 0 saturated carbocycles. The number of nitrogens with one attached hydrogen (secondary N) is 1. The molecule has 1 aromatic heterocycles. The predicted molar refractivity (Wildman–Crippen MR) is 111 cm³/mol. The number of aromatic nitrogens is 2. The van der Waals surface area contributed by atoms with Gasteiger partial charge in [-0.25, -0.2) is 14.2 Å². The second-order valence-electron chi connectivity index (χ2n) is 8.51. The molecule has 0 saturated heterocycles. The van der Waals surface area contributed by atoms with Gasteiger partial charge in [-0.3, -0.25) is 9.36 Å². The summed E-state index contributed by atoms with van der Waals surface area (Å²) in [6, 6.07) is -0.513. The van der Waals surface area contributed by atoms with Crippen LogP contribution in [0.4, 0.5) is 4.79 Å². The lowest BCUT2D eigenvalue weighted by Crippen LogP contribution is -2.46. The van der Waals surface area contributed by atoms with E-state index >= 15 is 0 Å². The molecule has 1 heterocycles. The average Bonchev–Trinajstić information content (AvgIpc) is 2.57. The predicted octanol–water partition coefficient (Wildman–Crippen LogP) is 3.21. The number of carbonyl (C=O) groups excluding carboxylic acids is 1. The molecule has 7 nitrogen and oxygen atoms in total. The van der Waals surface area contributed by atoms with Crippen molar-refractivity contribution in [2.24, 2.45) is 7.05 Å². The zero-order chi connectivity index (χ0) is 20.8. The van der Waals surface area contributed by atoms with E-state index < -0.39 is 25.6 Å². The van der Waals surface area contributed by atoms with Crippen molar-refractivity contribution in [1.82, 2.24) is 14.5 Å². The van der Waals surface area contributed by atoms with Gasteiger partial charge >= 0.3 is 11.7 Å². The van der Waals surface area contributed by atoms with Crippen LogP contribution in [-0.4, -0.2) is 30.0 Å². The Kier molecular flexibility index (Phi) is 8.22. The third kappa shape index (κ3) is 6.17. The lowest BCUT2D eigenvalue weighted by Gasteiger charge is -2.36. The summed E-state index contributed by atoms with van der Waals surface area (Å²) in [5.41, 5.74) is -0.768. The molecular formula is C19H35N3O4Si. The third-order valence-corrected chi connectivity index (χ3v) is 9.76. The fourth-order valence-corrected chi connectivity index (χ4v) is 3.23. The van der Waals surface area contributed by atoms with Crippen LogP contribution in [0.1, 0.15) is 58.9 Å². The van der Waals surface area contributed by atoms with Gasteiger partial charge in [-0.1, -0.05) is 47.0 Å².